The molecule has 1 saturated carbocycles. The fourth-order valence-corrected chi connectivity index (χ4v) is 8.22. The van der Waals surface area contributed by atoms with Gasteiger partial charge in [0.2, 0.25) is 0 Å². The summed E-state index contributed by atoms with van der Waals surface area (Å²) in [5.74, 6) is 0. The third-order valence-corrected chi connectivity index (χ3v) is 10.1. The predicted octanol–water partition coefficient (Wildman–Crippen LogP) is 6.43. The van der Waals surface area contributed by atoms with E-state index in [1.807, 2.05) is 0 Å². The summed E-state index contributed by atoms with van der Waals surface area (Å²) in [7, 11) is -1.70. The van der Waals surface area contributed by atoms with E-state index in [9.17, 15) is 0 Å². The van der Waals surface area contributed by atoms with Crippen LogP contribution in [0.4, 0.5) is 0 Å². The van der Waals surface area contributed by atoms with Crippen molar-refractivity contribution in [3.63, 3.8) is 0 Å². The Morgan fingerprint density at radius 1 is 0.441 bits per heavy atom. The van der Waals surface area contributed by atoms with Gasteiger partial charge in [-0.05, 0) is 19.3 Å². The van der Waals surface area contributed by atoms with Crippen LogP contribution < -0.4 is 21.2 Å². The van der Waals surface area contributed by atoms with Gasteiger partial charge in [-0.15, -0.1) is 0 Å². The molecule has 2 nitrogen and oxygen atoms in total. The Hall–Kier alpha value is -2.34. The van der Waals surface area contributed by atoms with E-state index in [0.29, 0.717) is 0 Å². The topological polar surface area (TPSA) is 18.5 Å². The molecule has 0 aromatic heterocycles. The molecule has 5 rings (SSSR count). The SMILES string of the molecule is c1ccc(P(OC2CCCC(OP(c3ccccc3)c3ccccc3)C2)c2ccccc2)cc1. The number of rotatable bonds is 8. The summed E-state index contributed by atoms with van der Waals surface area (Å²) in [6.45, 7) is 0. The zero-order chi connectivity index (χ0) is 23.0. The lowest BCUT2D eigenvalue weighted by atomic mass is 9.95. The second kappa shape index (κ2) is 11.9. The molecule has 1 fully saturated rings. The van der Waals surface area contributed by atoms with Gasteiger partial charge in [0.1, 0.15) is 0 Å². The molecule has 1 aliphatic rings. The third-order valence-electron chi connectivity index (χ3n) is 6.05. The van der Waals surface area contributed by atoms with Crippen molar-refractivity contribution < 1.29 is 9.05 Å². The highest BCUT2D eigenvalue weighted by Gasteiger charge is 2.30. The van der Waals surface area contributed by atoms with Gasteiger partial charge in [0.15, 0.2) is 0 Å². The Bertz CT molecular complexity index is 954. The zero-order valence-electron chi connectivity index (χ0n) is 19.2. The number of hydrogen-bond donors (Lipinski definition) is 0. The highest BCUT2D eigenvalue weighted by Crippen LogP contribution is 2.43. The van der Waals surface area contributed by atoms with E-state index in [0.717, 1.165) is 25.7 Å². The van der Waals surface area contributed by atoms with Crippen LogP contribution in [0.1, 0.15) is 25.7 Å². The van der Waals surface area contributed by atoms with Crippen LogP contribution in [-0.2, 0) is 9.05 Å². The zero-order valence-corrected chi connectivity index (χ0v) is 21.0. The average Bonchev–Trinajstić information content (AvgIpc) is 2.92. The van der Waals surface area contributed by atoms with Gasteiger partial charge in [0.25, 0.3) is 0 Å². The van der Waals surface area contributed by atoms with E-state index in [-0.39, 0.29) is 12.2 Å². The number of hydrogen-bond acceptors (Lipinski definition) is 2. The van der Waals surface area contributed by atoms with Crippen molar-refractivity contribution in [2.75, 3.05) is 0 Å². The summed E-state index contributed by atoms with van der Waals surface area (Å²) in [5, 5.41) is 5.07. The first-order valence-corrected chi connectivity index (χ1v) is 14.5. The van der Waals surface area contributed by atoms with E-state index >= 15 is 0 Å². The standard InChI is InChI=1S/C30H30O2P2/c1-5-16-27(17-6-1)33(28-18-7-2-8-19-28)31-25-14-13-15-26(24-25)32-34(29-20-9-3-10-21-29)30-22-11-4-12-23-30/h1-12,16-23,25-26H,13-15,24H2. The molecule has 2 unspecified atom stereocenters. The second-order valence-electron chi connectivity index (χ2n) is 8.55. The molecule has 0 aliphatic heterocycles. The lowest BCUT2D eigenvalue weighted by Crippen LogP contribution is -2.30. The van der Waals surface area contributed by atoms with Gasteiger partial charge in [0, 0.05) is 27.6 Å². The maximum Gasteiger partial charge on any atom is 0.0921 e. The Morgan fingerprint density at radius 3 is 1.03 bits per heavy atom. The maximum atomic E-state index is 6.88. The predicted molar refractivity (Wildman–Crippen MR) is 146 cm³/mol. The van der Waals surface area contributed by atoms with E-state index < -0.39 is 16.3 Å². The first-order valence-electron chi connectivity index (χ1n) is 12.0. The van der Waals surface area contributed by atoms with E-state index in [1.165, 1.54) is 21.2 Å². The first-order chi connectivity index (χ1) is 16.9. The van der Waals surface area contributed by atoms with Gasteiger partial charge in [-0.25, -0.2) is 0 Å². The summed E-state index contributed by atoms with van der Waals surface area (Å²) in [5.41, 5.74) is 0. The largest absolute Gasteiger partial charge is 0.346 e. The highest BCUT2D eigenvalue weighted by molar-refractivity contribution is 7.68. The molecule has 4 heteroatoms. The van der Waals surface area contributed by atoms with Crippen molar-refractivity contribution in [3.8, 4) is 0 Å². The normalized spacial score (nSPS) is 18.3. The molecule has 4 aromatic rings. The molecule has 0 saturated heterocycles. The highest BCUT2D eigenvalue weighted by atomic mass is 31.1. The molecule has 0 bridgehead atoms. The van der Waals surface area contributed by atoms with Crippen LogP contribution in [0.25, 0.3) is 0 Å². The third kappa shape index (κ3) is 6.01. The lowest BCUT2D eigenvalue weighted by molar-refractivity contribution is 0.0865. The molecule has 0 radical (unpaired) electrons. The summed E-state index contributed by atoms with van der Waals surface area (Å²) in [6, 6.07) is 42.7. The molecule has 34 heavy (non-hydrogen) atoms. The summed E-state index contributed by atoms with van der Waals surface area (Å²) < 4.78 is 13.8. The van der Waals surface area contributed by atoms with Gasteiger partial charge < -0.3 is 9.05 Å². The molecule has 2 atom stereocenters. The quantitative estimate of drug-likeness (QED) is 0.269. The minimum atomic E-state index is -0.851. The average molecular weight is 485 g/mol. The molecule has 0 spiro atoms. The van der Waals surface area contributed by atoms with Gasteiger partial charge in [0.05, 0.1) is 28.5 Å². The van der Waals surface area contributed by atoms with Crippen molar-refractivity contribution >= 4 is 37.5 Å². The lowest BCUT2D eigenvalue weighted by Gasteiger charge is -2.34. The van der Waals surface area contributed by atoms with Crippen LogP contribution in [0, 0.1) is 0 Å². The van der Waals surface area contributed by atoms with Crippen LogP contribution in [0.15, 0.2) is 121 Å². The molecule has 4 aromatic carbocycles. The van der Waals surface area contributed by atoms with Crippen molar-refractivity contribution in [2.45, 2.75) is 37.9 Å². The summed E-state index contributed by atoms with van der Waals surface area (Å²) in [6.07, 6.45) is 4.66. The Labute approximate surface area is 205 Å². The fraction of sp³-hybridized carbons (Fsp3) is 0.200. The Kier molecular flexibility index (Phi) is 8.17. The monoisotopic (exact) mass is 484 g/mol. The van der Waals surface area contributed by atoms with Gasteiger partial charge in [-0.2, -0.15) is 0 Å². The molecule has 172 valence electrons. The van der Waals surface area contributed by atoms with Gasteiger partial charge in [-0.1, -0.05) is 121 Å². The van der Waals surface area contributed by atoms with Crippen LogP contribution >= 0.6 is 16.3 Å². The van der Waals surface area contributed by atoms with E-state index in [1.54, 1.807) is 0 Å². The summed E-state index contributed by atoms with van der Waals surface area (Å²) in [4.78, 5) is 0. The van der Waals surface area contributed by atoms with Gasteiger partial charge in [-0.3, -0.25) is 0 Å². The smallest absolute Gasteiger partial charge is 0.0921 e. The second-order valence-corrected chi connectivity index (χ2v) is 12.2. The fourth-order valence-electron chi connectivity index (χ4n) is 4.39. The van der Waals surface area contributed by atoms with Crippen LogP contribution in [-0.4, -0.2) is 12.2 Å². The van der Waals surface area contributed by atoms with Crippen LogP contribution in [0.2, 0.25) is 0 Å². The maximum absolute atomic E-state index is 6.88. The molecular weight excluding hydrogens is 454 g/mol. The minimum Gasteiger partial charge on any atom is -0.346 e. The number of benzene rings is 4. The van der Waals surface area contributed by atoms with Crippen molar-refractivity contribution in [2.24, 2.45) is 0 Å². The van der Waals surface area contributed by atoms with E-state index in [2.05, 4.69) is 121 Å². The molecule has 0 amide bonds. The molecule has 1 aliphatic carbocycles. The minimum absolute atomic E-state index is 0.202. The molecule has 0 N–H and O–H groups in total. The Balaban J connectivity index is 1.33. The summed E-state index contributed by atoms with van der Waals surface area (Å²) >= 11 is 0. The van der Waals surface area contributed by atoms with E-state index in [4.69, 9.17) is 9.05 Å². The van der Waals surface area contributed by atoms with Gasteiger partial charge >= 0.3 is 0 Å². The van der Waals surface area contributed by atoms with Crippen molar-refractivity contribution in [3.05, 3.63) is 121 Å². The molecule has 0 heterocycles. The molecular formula is C30H30O2P2. The van der Waals surface area contributed by atoms with Crippen molar-refractivity contribution in [1.29, 1.82) is 0 Å². The van der Waals surface area contributed by atoms with Crippen LogP contribution in [0.3, 0.4) is 0 Å². The van der Waals surface area contributed by atoms with Crippen LogP contribution in [0.5, 0.6) is 0 Å². The van der Waals surface area contributed by atoms with Crippen molar-refractivity contribution in [1.82, 2.24) is 0 Å². The first kappa shape index (κ1) is 23.4. The Morgan fingerprint density at radius 2 is 0.735 bits per heavy atom.